The van der Waals surface area contributed by atoms with Crippen molar-refractivity contribution in [2.75, 3.05) is 20.3 Å². The molecule has 1 aliphatic heterocycles. The summed E-state index contributed by atoms with van der Waals surface area (Å²) in [5.74, 6) is 2.30. The zero-order chi connectivity index (χ0) is 12.5. The Kier molecular flexibility index (Phi) is 3.16. The minimum absolute atomic E-state index is 0.453. The first-order valence-corrected chi connectivity index (χ1v) is 6.87. The van der Waals surface area contributed by atoms with Gasteiger partial charge in [-0.05, 0) is 49.6 Å². The van der Waals surface area contributed by atoms with Crippen molar-refractivity contribution in [3.63, 3.8) is 0 Å². The minimum Gasteiger partial charge on any atom is -0.489 e. The Morgan fingerprint density at radius 3 is 2.61 bits per heavy atom. The molecule has 1 aromatic rings. The zero-order valence-electron chi connectivity index (χ0n) is 11.2. The van der Waals surface area contributed by atoms with E-state index >= 15 is 0 Å². The van der Waals surface area contributed by atoms with E-state index < -0.39 is 0 Å². The lowest BCUT2D eigenvalue weighted by atomic mass is 9.87. The van der Waals surface area contributed by atoms with Gasteiger partial charge in [0.2, 0.25) is 0 Å². The molecule has 2 aliphatic rings. The third kappa shape index (κ3) is 2.07. The van der Waals surface area contributed by atoms with Gasteiger partial charge >= 0.3 is 0 Å². The number of nitrogens with one attached hydrogen (secondary N) is 1. The second kappa shape index (κ2) is 4.81. The lowest BCUT2D eigenvalue weighted by Crippen LogP contribution is -2.21. The molecule has 1 N–H and O–H groups in total. The van der Waals surface area contributed by atoms with Gasteiger partial charge in [-0.15, -0.1) is 0 Å². The van der Waals surface area contributed by atoms with Gasteiger partial charge < -0.3 is 14.8 Å². The minimum atomic E-state index is 0.453. The van der Waals surface area contributed by atoms with Crippen molar-refractivity contribution < 1.29 is 9.47 Å². The van der Waals surface area contributed by atoms with E-state index in [4.69, 9.17) is 9.47 Å². The first kappa shape index (κ1) is 11.8. The van der Waals surface area contributed by atoms with Crippen molar-refractivity contribution >= 4 is 0 Å². The van der Waals surface area contributed by atoms with E-state index in [1.807, 2.05) is 7.05 Å². The SMILES string of the molecule is CNC1CCCc2cc3c(cc21)OCC(C)CO3. The predicted molar refractivity (Wildman–Crippen MR) is 71.3 cm³/mol. The highest BCUT2D eigenvalue weighted by atomic mass is 16.5. The van der Waals surface area contributed by atoms with E-state index in [1.54, 1.807) is 0 Å². The highest BCUT2D eigenvalue weighted by Crippen LogP contribution is 2.39. The molecule has 0 radical (unpaired) electrons. The van der Waals surface area contributed by atoms with Crippen LogP contribution in [0.2, 0.25) is 0 Å². The zero-order valence-corrected chi connectivity index (χ0v) is 11.2. The molecular weight excluding hydrogens is 226 g/mol. The van der Waals surface area contributed by atoms with Gasteiger partial charge in [-0.25, -0.2) is 0 Å². The van der Waals surface area contributed by atoms with Crippen molar-refractivity contribution in [2.45, 2.75) is 32.2 Å². The second-order valence-corrected chi connectivity index (χ2v) is 5.46. The third-order valence-electron chi connectivity index (χ3n) is 3.92. The maximum absolute atomic E-state index is 5.87. The standard InChI is InChI=1S/C15H21NO2/c1-10-8-17-14-6-11-4-3-5-13(16-2)12(11)7-15(14)18-9-10/h6-7,10,13,16H,3-5,8-9H2,1-2H3. The van der Waals surface area contributed by atoms with Crippen molar-refractivity contribution in [1.29, 1.82) is 0 Å². The molecule has 0 spiro atoms. The monoisotopic (exact) mass is 247 g/mol. The number of aryl methyl sites for hydroxylation is 1. The first-order valence-electron chi connectivity index (χ1n) is 6.87. The normalized spacial score (nSPS) is 26.3. The van der Waals surface area contributed by atoms with E-state index in [0.29, 0.717) is 12.0 Å². The predicted octanol–water partition coefficient (Wildman–Crippen LogP) is 2.69. The molecule has 2 unspecified atom stereocenters. The van der Waals surface area contributed by atoms with Crippen LogP contribution in [0.4, 0.5) is 0 Å². The van der Waals surface area contributed by atoms with Gasteiger partial charge in [0.25, 0.3) is 0 Å². The fourth-order valence-corrected chi connectivity index (χ4v) is 2.85. The van der Waals surface area contributed by atoms with Crippen LogP contribution in [-0.2, 0) is 6.42 Å². The molecule has 0 amide bonds. The van der Waals surface area contributed by atoms with Crippen LogP contribution in [0.1, 0.15) is 36.9 Å². The Hall–Kier alpha value is -1.22. The van der Waals surface area contributed by atoms with Crippen LogP contribution in [0.5, 0.6) is 11.5 Å². The van der Waals surface area contributed by atoms with E-state index in [1.165, 1.54) is 24.0 Å². The Balaban J connectivity index is 1.99. The van der Waals surface area contributed by atoms with Crippen LogP contribution in [0.25, 0.3) is 0 Å². The second-order valence-electron chi connectivity index (χ2n) is 5.46. The Morgan fingerprint density at radius 1 is 1.17 bits per heavy atom. The molecule has 3 nitrogen and oxygen atoms in total. The van der Waals surface area contributed by atoms with Crippen molar-refractivity contribution in [3.05, 3.63) is 23.3 Å². The Labute approximate surface area is 108 Å². The average Bonchev–Trinajstić information content (AvgIpc) is 2.58. The molecule has 1 heterocycles. The molecule has 98 valence electrons. The molecule has 18 heavy (non-hydrogen) atoms. The van der Waals surface area contributed by atoms with E-state index in [2.05, 4.69) is 24.4 Å². The van der Waals surface area contributed by atoms with Gasteiger partial charge in [-0.3, -0.25) is 0 Å². The fourth-order valence-electron chi connectivity index (χ4n) is 2.85. The lowest BCUT2D eigenvalue weighted by Gasteiger charge is -2.26. The van der Waals surface area contributed by atoms with Gasteiger partial charge in [-0.1, -0.05) is 6.92 Å². The molecule has 1 aliphatic carbocycles. The smallest absolute Gasteiger partial charge is 0.161 e. The Bertz CT molecular complexity index is 444. The summed E-state index contributed by atoms with van der Waals surface area (Å²) >= 11 is 0. The van der Waals surface area contributed by atoms with Gasteiger partial charge in [0.05, 0.1) is 13.2 Å². The first-order chi connectivity index (χ1) is 8.78. The highest BCUT2D eigenvalue weighted by Gasteiger charge is 2.23. The maximum atomic E-state index is 5.87. The molecule has 2 atom stereocenters. The maximum Gasteiger partial charge on any atom is 0.161 e. The summed E-state index contributed by atoms with van der Waals surface area (Å²) in [6.07, 6.45) is 3.60. The summed E-state index contributed by atoms with van der Waals surface area (Å²) in [6.45, 7) is 3.65. The Morgan fingerprint density at radius 2 is 1.89 bits per heavy atom. The number of rotatable bonds is 1. The van der Waals surface area contributed by atoms with Crippen LogP contribution >= 0.6 is 0 Å². The van der Waals surface area contributed by atoms with Crippen molar-refractivity contribution in [2.24, 2.45) is 5.92 Å². The van der Waals surface area contributed by atoms with Gasteiger partial charge in [-0.2, -0.15) is 0 Å². The molecule has 3 rings (SSSR count). The summed E-state index contributed by atoms with van der Waals surface area (Å²) in [5, 5.41) is 3.39. The molecule has 3 heteroatoms. The van der Waals surface area contributed by atoms with Crippen LogP contribution in [0.3, 0.4) is 0 Å². The molecule has 0 saturated heterocycles. The topological polar surface area (TPSA) is 30.5 Å². The number of ether oxygens (including phenoxy) is 2. The molecule has 0 saturated carbocycles. The van der Waals surface area contributed by atoms with E-state index in [9.17, 15) is 0 Å². The summed E-state index contributed by atoms with van der Waals surface area (Å²) in [7, 11) is 2.03. The molecular formula is C15H21NO2. The summed E-state index contributed by atoms with van der Waals surface area (Å²) in [6, 6.07) is 4.83. The molecule has 1 aromatic carbocycles. The van der Waals surface area contributed by atoms with Crippen LogP contribution < -0.4 is 14.8 Å². The molecule has 0 aromatic heterocycles. The lowest BCUT2D eigenvalue weighted by molar-refractivity contribution is 0.228. The van der Waals surface area contributed by atoms with Gasteiger partial charge in [0.1, 0.15) is 0 Å². The number of hydrogen-bond acceptors (Lipinski definition) is 3. The summed E-state index contributed by atoms with van der Waals surface area (Å²) < 4.78 is 11.7. The van der Waals surface area contributed by atoms with Crippen LogP contribution in [0.15, 0.2) is 12.1 Å². The quantitative estimate of drug-likeness (QED) is 0.827. The highest BCUT2D eigenvalue weighted by molar-refractivity contribution is 5.49. The van der Waals surface area contributed by atoms with Crippen LogP contribution in [-0.4, -0.2) is 20.3 Å². The molecule has 0 fully saturated rings. The van der Waals surface area contributed by atoms with Gasteiger partial charge in [0.15, 0.2) is 11.5 Å². The van der Waals surface area contributed by atoms with Crippen LogP contribution in [0, 0.1) is 5.92 Å². The largest absolute Gasteiger partial charge is 0.489 e. The van der Waals surface area contributed by atoms with E-state index in [0.717, 1.165) is 31.1 Å². The number of benzene rings is 1. The molecule has 0 bridgehead atoms. The van der Waals surface area contributed by atoms with Gasteiger partial charge in [0, 0.05) is 12.0 Å². The van der Waals surface area contributed by atoms with Crippen molar-refractivity contribution in [1.82, 2.24) is 5.32 Å². The van der Waals surface area contributed by atoms with Crippen molar-refractivity contribution in [3.8, 4) is 11.5 Å². The fraction of sp³-hybridized carbons (Fsp3) is 0.600. The third-order valence-corrected chi connectivity index (χ3v) is 3.92. The average molecular weight is 247 g/mol. The summed E-state index contributed by atoms with van der Waals surface area (Å²) in [4.78, 5) is 0. The number of fused-ring (bicyclic) bond motifs is 2. The number of hydrogen-bond donors (Lipinski definition) is 1. The van der Waals surface area contributed by atoms with E-state index in [-0.39, 0.29) is 0 Å². The summed E-state index contributed by atoms with van der Waals surface area (Å²) in [5.41, 5.74) is 2.80.